The highest BCUT2D eigenvalue weighted by Crippen LogP contribution is 2.26. The number of likely N-dealkylation sites (tertiary alicyclic amines) is 1. The van der Waals surface area contributed by atoms with Gasteiger partial charge >= 0.3 is 0 Å². The molecule has 1 aliphatic heterocycles. The van der Waals surface area contributed by atoms with Crippen molar-refractivity contribution >= 4 is 11.8 Å². The summed E-state index contributed by atoms with van der Waals surface area (Å²) >= 11 is 0. The maximum atomic E-state index is 13.0. The summed E-state index contributed by atoms with van der Waals surface area (Å²) in [5.41, 5.74) is 6.15. The van der Waals surface area contributed by atoms with Gasteiger partial charge in [-0.1, -0.05) is 48.5 Å². The van der Waals surface area contributed by atoms with Crippen LogP contribution in [0.3, 0.4) is 0 Å². The molecule has 24 heavy (non-hydrogen) atoms. The monoisotopic (exact) mass is 324 g/mol. The summed E-state index contributed by atoms with van der Waals surface area (Å²) in [7, 11) is 0. The van der Waals surface area contributed by atoms with E-state index in [1.165, 1.54) is 0 Å². The van der Waals surface area contributed by atoms with Crippen LogP contribution in [0.1, 0.15) is 18.1 Å². The number of hydrogen-bond donors (Lipinski definition) is 1. The second-order valence-electron chi connectivity index (χ2n) is 5.89. The van der Waals surface area contributed by atoms with Crippen LogP contribution >= 0.6 is 0 Å². The minimum Gasteiger partial charge on any atom is -0.476 e. The van der Waals surface area contributed by atoms with E-state index in [1.54, 1.807) is 4.90 Å². The molecule has 1 fully saturated rings. The van der Waals surface area contributed by atoms with Crippen molar-refractivity contribution in [2.24, 2.45) is 11.7 Å². The van der Waals surface area contributed by atoms with Crippen LogP contribution in [0.25, 0.3) is 0 Å². The average molecular weight is 324 g/mol. The van der Waals surface area contributed by atoms with E-state index in [0.29, 0.717) is 25.3 Å². The first-order valence-corrected chi connectivity index (χ1v) is 8.00. The normalized spacial score (nSPS) is 18.2. The van der Waals surface area contributed by atoms with Crippen LogP contribution in [-0.4, -0.2) is 29.8 Å². The third kappa shape index (κ3) is 3.56. The van der Waals surface area contributed by atoms with Gasteiger partial charge in [-0.2, -0.15) is 0 Å². The first-order chi connectivity index (χ1) is 11.6. The lowest BCUT2D eigenvalue weighted by Crippen LogP contribution is -2.37. The molecule has 0 aromatic heterocycles. The van der Waals surface area contributed by atoms with Crippen LogP contribution in [0.2, 0.25) is 0 Å². The lowest BCUT2D eigenvalue weighted by atomic mass is 10.1. The minimum absolute atomic E-state index is 0.145. The van der Waals surface area contributed by atoms with Gasteiger partial charge in [-0.15, -0.1) is 0 Å². The Balaban J connectivity index is 1.82. The summed E-state index contributed by atoms with van der Waals surface area (Å²) in [4.78, 5) is 26.0. The molecule has 5 nitrogen and oxygen atoms in total. The van der Waals surface area contributed by atoms with E-state index >= 15 is 0 Å². The first kappa shape index (κ1) is 16.1. The van der Waals surface area contributed by atoms with Gasteiger partial charge in [0.2, 0.25) is 12.0 Å². The molecular weight excluding hydrogens is 304 g/mol. The highest BCUT2D eigenvalue weighted by molar-refractivity contribution is 5.85. The fourth-order valence-electron chi connectivity index (χ4n) is 2.88. The Bertz CT molecular complexity index is 703. The number of ether oxygens (including phenoxy) is 1. The molecule has 5 heteroatoms. The Morgan fingerprint density at radius 1 is 1.04 bits per heavy atom. The van der Waals surface area contributed by atoms with Crippen molar-refractivity contribution in [3.63, 3.8) is 0 Å². The summed E-state index contributed by atoms with van der Waals surface area (Å²) in [5.74, 6) is -0.146. The second-order valence-corrected chi connectivity index (χ2v) is 5.89. The molecule has 2 aromatic rings. The molecular formula is C19H20N2O3. The molecule has 2 N–H and O–H groups in total. The minimum atomic E-state index is -0.736. The smallest absolute Gasteiger partial charge is 0.268 e. The second kappa shape index (κ2) is 7.17. The number of nitrogens with zero attached hydrogens (tertiary/aromatic N) is 1. The third-order valence-electron chi connectivity index (χ3n) is 4.23. The van der Waals surface area contributed by atoms with Crippen molar-refractivity contribution in [3.8, 4) is 5.75 Å². The maximum Gasteiger partial charge on any atom is 0.268 e. The van der Waals surface area contributed by atoms with Crippen molar-refractivity contribution in [2.75, 3.05) is 13.1 Å². The van der Waals surface area contributed by atoms with Gasteiger partial charge in [0, 0.05) is 18.7 Å². The molecule has 2 atom stereocenters. The number of benzene rings is 2. The number of carbonyl (C=O) groups excluding carboxylic acids is 2. The molecule has 3 rings (SSSR count). The summed E-state index contributed by atoms with van der Waals surface area (Å²) in [6.07, 6.45) is -0.131. The van der Waals surface area contributed by atoms with E-state index in [2.05, 4.69) is 0 Å². The van der Waals surface area contributed by atoms with Crippen LogP contribution < -0.4 is 10.5 Å². The lowest BCUT2D eigenvalue weighted by molar-refractivity contribution is -0.138. The van der Waals surface area contributed by atoms with Gasteiger partial charge in [-0.3, -0.25) is 9.59 Å². The summed E-state index contributed by atoms with van der Waals surface area (Å²) in [5, 5.41) is 0. The van der Waals surface area contributed by atoms with Crippen molar-refractivity contribution < 1.29 is 14.3 Å². The number of nitrogens with two attached hydrogens (primary N) is 1. The van der Waals surface area contributed by atoms with Gasteiger partial charge in [-0.05, 0) is 18.6 Å². The van der Waals surface area contributed by atoms with E-state index < -0.39 is 6.10 Å². The quantitative estimate of drug-likeness (QED) is 0.916. The highest BCUT2D eigenvalue weighted by Gasteiger charge is 2.34. The van der Waals surface area contributed by atoms with Crippen molar-refractivity contribution in [1.82, 2.24) is 4.90 Å². The Labute approximate surface area is 141 Å². The third-order valence-corrected chi connectivity index (χ3v) is 4.23. The first-order valence-electron chi connectivity index (χ1n) is 8.00. The predicted octanol–water partition coefficient (Wildman–Crippen LogP) is 2.14. The van der Waals surface area contributed by atoms with Gasteiger partial charge < -0.3 is 15.4 Å². The molecule has 2 aromatic carbocycles. The number of rotatable bonds is 5. The van der Waals surface area contributed by atoms with Gasteiger partial charge in [0.1, 0.15) is 5.75 Å². The fraction of sp³-hybridized carbons (Fsp3) is 0.263. The molecule has 0 spiro atoms. The molecule has 0 aliphatic carbocycles. The number of primary amides is 1. The van der Waals surface area contributed by atoms with Crippen molar-refractivity contribution in [2.45, 2.75) is 12.5 Å². The topological polar surface area (TPSA) is 72.6 Å². The highest BCUT2D eigenvalue weighted by atomic mass is 16.5. The van der Waals surface area contributed by atoms with E-state index in [4.69, 9.17) is 10.5 Å². The lowest BCUT2D eigenvalue weighted by Gasteiger charge is -2.24. The Morgan fingerprint density at radius 3 is 2.25 bits per heavy atom. The Hall–Kier alpha value is -2.82. The number of para-hydroxylation sites is 1. The zero-order valence-electron chi connectivity index (χ0n) is 13.3. The largest absolute Gasteiger partial charge is 0.476 e. The van der Waals surface area contributed by atoms with Crippen LogP contribution in [0.5, 0.6) is 5.75 Å². The molecule has 0 bridgehead atoms. The average Bonchev–Trinajstić information content (AvgIpc) is 3.11. The van der Waals surface area contributed by atoms with E-state index in [0.717, 1.165) is 5.56 Å². The molecule has 2 amide bonds. The summed E-state index contributed by atoms with van der Waals surface area (Å²) < 4.78 is 5.96. The zero-order chi connectivity index (χ0) is 16.9. The van der Waals surface area contributed by atoms with Gasteiger partial charge in [0.05, 0.1) is 5.92 Å². The molecule has 0 radical (unpaired) electrons. The molecule has 124 valence electrons. The predicted molar refractivity (Wildman–Crippen MR) is 90.1 cm³/mol. The van der Waals surface area contributed by atoms with Crippen molar-refractivity contribution in [3.05, 3.63) is 66.2 Å². The number of carbonyl (C=O) groups is 2. The standard InChI is InChI=1S/C19H20N2O3/c20-18(22)15-11-12-21(13-15)19(23)17(14-7-3-1-4-8-14)24-16-9-5-2-6-10-16/h1-10,15,17H,11-13H2,(H2,20,22)/t15-,17+/m1/s1. The van der Waals surface area contributed by atoms with Crippen LogP contribution in [-0.2, 0) is 9.59 Å². The van der Waals surface area contributed by atoms with E-state index in [1.807, 2.05) is 60.7 Å². The van der Waals surface area contributed by atoms with E-state index in [-0.39, 0.29) is 17.7 Å². The van der Waals surface area contributed by atoms with Crippen LogP contribution in [0.4, 0.5) is 0 Å². The summed E-state index contributed by atoms with van der Waals surface area (Å²) in [6, 6.07) is 18.6. The number of hydrogen-bond acceptors (Lipinski definition) is 3. The molecule has 1 aliphatic rings. The number of amides is 2. The van der Waals surface area contributed by atoms with Crippen LogP contribution in [0, 0.1) is 5.92 Å². The van der Waals surface area contributed by atoms with Gasteiger partial charge in [0.25, 0.3) is 5.91 Å². The maximum absolute atomic E-state index is 13.0. The van der Waals surface area contributed by atoms with Crippen molar-refractivity contribution in [1.29, 1.82) is 0 Å². The fourth-order valence-corrected chi connectivity index (χ4v) is 2.88. The summed E-state index contributed by atoms with van der Waals surface area (Å²) in [6.45, 7) is 0.879. The molecule has 0 saturated carbocycles. The van der Waals surface area contributed by atoms with Gasteiger partial charge in [-0.25, -0.2) is 0 Å². The zero-order valence-corrected chi connectivity index (χ0v) is 13.3. The Kier molecular flexibility index (Phi) is 4.79. The Morgan fingerprint density at radius 2 is 1.67 bits per heavy atom. The van der Waals surface area contributed by atoms with E-state index in [9.17, 15) is 9.59 Å². The molecule has 0 unspecified atom stereocenters. The SMILES string of the molecule is NC(=O)[C@@H]1CCN(C(=O)[C@@H](Oc2ccccc2)c2ccccc2)C1. The van der Waals surface area contributed by atoms with Crippen LogP contribution in [0.15, 0.2) is 60.7 Å². The molecule has 1 saturated heterocycles. The van der Waals surface area contributed by atoms with Gasteiger partial charge in [0.15, 0.2) is 0 Å². The molecule has 1 heterocycles.